The Hall–Kier alpha value is -1.75. The molecule has 2 N–H and O–H groups in total. The monoisotopic (exact) mass is 339 g/mol. The van der Waals surface area contributed by atoms with Crippen LogP contribution in [-0.2, 0) is 16.0 Å². The molecule has 0 unspecified atom stereocenters. The molecule has 0 aliphatic carbocycles. The number of nitrogens with zero attached hydrogens (tertiary/aromatic N) is 2. The molecule has 1 aliphatic heterocycles. The minimum atomic E-state index is 0. The number of carbonyl (C=O) groups is 2. The Kier molecular flexibility index (Phi) is 7.36. The lowest BCUT2D eigenvalue weighted by Crippen LogP contribution is -2.51. The number of piperazine rings is 1. The zero-order valence-electron chi connectivity index (χ0n) is 13.8. The molecule has 1 aromatic rings. The predicted molar refractivity (Wildman–Crippen MR) is 94.4 cm³/mol. The minimum Gasteiger partial charge on any atom is -0.399 e. The molecular formula is C17H26ClN3O2. The number of nitrogen functional groups attached to an aromatic ring is 1. The molecule has 0 radical (unpaired) electrons. The molecule has 23 heavy (non-hydrogen) atoms. The average molecular weight is 340 g/mol. The molecule has 0 aromatic heterocycles. The number of aryl methyl sites for hydroxylation is 1. The average Bonchev–Trinajstić information content (AvgIpc) is 2.53. The zero-order valence-corrected chi connectivity index (χ0v) is 14.6. The van der Waals surface area contributed by atoms with Gasteiger partial charge < -0.3 is 15.5 Å². The highest BCUT2D eigenvalue weighted by Gasteiger charge is 2.25. The maximum Gasteiger partial charge on any atom is 0.225 e. The fourth-order valence-electron chi connectivity index (χ4n) is 2.70. The molecule has 0 spiro atoms. The van der Waals surface area contributed by atoms with E-state index in [0.29, 0.717) is 39.0 Å². The Balaban J connectivity index is 0.00000264. The first-order valence-electron chi connectivity index (χ1n) is 7.89. The van der Waals surface area contributed by atoms with Crippen LogP contribution in [0.3, 0.4) is 0 Å². The summed E-state index contributed by atoms with van der Waals surface area (Å²) < 4.78 is 0. The van der Waals surface area contributed by atoms with Crippen molar-refractivity contribution in [1.29, 1.82) is 0 Å². The Bertz CT molecular complexity index is 540. The van der Waals surface area contributed by atoms with E-state index in [2.05, 4.69) is 0 Å². The van der Waals surface area contributed by atoms with Crippen LogP contribution in [0.2, 0.25) is 0 Å². The van der Waals surface area contributed by atoms with E-state index in [1.807, 2.05) is 47.9 Å². The van der Waals surface area contributed by atoms with Crippen LogP contribution in [0.4, 0.5) is 5.69 Å². The van der Waals surface area contributed by atoms with Crippen LogP contribution in [0.15, 0.2) is 24.3 Å². The van der Waals surface area contributed by atoms with E-state index in [1.54, 1.807) is 0 Å². The fourth-order valence-corrected chi connectivity index (χ4v) is 2.70. The number of hydrogen-bond donors (Lipinski definition) is 1. The Morgan fingerprint density at radius 2 is 1.65 bits per heavy atom. The number of amides is 2. The van der Waals surface area contributed by atoms with Gasteiger partial charge in [0.1, 0.15) is 0 Å². The number of para-hydroxylation sites is 1. The summed E-state index contributed by atoms with van der Waals surface area (Å²) in [5, 5.41) is 0. The van der Waals surface area contributed by atoms with Crippen molar-refractivity contribution in [1.82, 2.24) is 9.80 Å². The Labute approximate surface area is 144 Å². The first-order chi connectivity index (χ1) is 10.5. The van der Waals surface area contributed by atoms with Gasteiger partial charge in [0, 0.05) is 44.2 Å². The number of benzene rings is 1. The number of hydrogen-bond acceptors (Lipinski definition) is 3. The number of halogens is 1. The van der Waals surface area contributed by atoms with Crippen molar-refractivity contribution in [3.05, 3.63) is 29.8 Å². The SMILES string of the molecule is CC(C)C(=O)N1CCN(C(=O)CCc2ccccc2N)CC1.Cl. The third-order valence-electron chi connectivity index (χ3n) is 4.10. The molecular weight excluding hydrogens is 314 g/mol. The van der Waals surface area contributed by atoms with Gasteiger partial charge in [-0.15, -0.1) is 12.4 Å². The van der Waals surface area contributed by atoms with Crippen LogP contribution in [0, 0.1) is 5.92 Å². The van der Waals surface area contributed by atoms with Crippen LogP contribution >= 0.6 is 12.4 Å². The fraction of sp³-hybridized carbons (Fsp3) is 0.529. The van der Waals surface area contributed by atoms with E-state index < -0.39 is 0 Å². The van der Waals surface area contributed by atoms with Gasteiger partial charge in [0.2, 0.25) is 11.8 Å². The standard InChI is InChI=1S/C17H25N3O2.ClH/c1-13(2)17(22)20-11-9-19(10-12-20)16(21)8-7-14-5-3-4-6-15(14)18;/h3-6,13H,7-12,18H2,1-2H3;1H. The summed E-state index contributed by atoms with van der Waals surface area (Å²) >= 11 is 0. The van der Waals surface area contributed by atoms with Crippen molar-refractivity contribution in [2.24, 2.45) is 5.92 Å². The number of nitrogens with two attached hydrogens (primary N) is 1. The second kappa shape index (κ2) is 8.77. The van der Waals surface area contributed by atoms with Gasteiger partial charge in [0.05, 0.1) is 0 Å². The molecule has 0 bridgehead atoms. The molecule has 0 atom stereocenters. The normalized spacial score (nSPS) is 14.6. The van der Waals surface area contributed by atoms with Crippen molar-refractivity contribution in [2.75, 3.05) is 31.9 Å². The van der Waals surface area contributed by atoms with Gasteiger partial charge >= 0.3 is 0 Å². The molecule has 2 rings (SSSR count). The molecule has 2 amide bonds. The largest absolute Gasteiger partial charge is 0.399 e. The quantitative estimate of drug-likeness (QED) is 0.853. The summed E-state index contributed by atoms with van der Waals surface area (Å²) in [7, 11) is 0. The first-order valence-corrected chi connectivity index (χ1v) is 7.89. The van der Waals surface area contributed by atoms with E-state index in [-0.39, 0.29) is 30.1 Å². The van der Waals surface area contributed by atoms with Crippen LogP contribution in [0.5, 0.6) is 0 Å². The summed E-state index contributed by atoms with van der Waals surface area (Å²) in [6, 6.07) is 7.65. The van der Waals surface area contributed by atoms with Gasteiger partial charge in [-0.05, 0) is 18.1 Å². The van der Waals surface area contributed by atoms with E-state index in [0.717, 1.165) is 11.3 Å². The molecule has 1 aliphatic rings. The van der Waals surface area contributed by atoms with E-state index in [1.165, 1.54) is 0 Å². The smallest absolute Gasteiger partial charge is 0.225 e. The van der Waals surface area contributed by atoms with Crippen molar-refractivity contribution in [2.45, 2.75) is 26.7 Å². The van der Waals surface area contributed by atoms with Crippen molar-refractivity contribution < 1.29 is 9.59 Å². The highest BCUT2D eigenvalue weighted by molar-refractivity contribution is 5.85. The highest BCUT2D eigenvalue weighted by Crippen LogP contribution is 2.14. The lowest BCUT2D eigenvalue weighted by Gasteiger charge is -2.35. The maximum atomic E-state index is 12.3. The molecule has 5 nitrogen and oxygen atoms in total. The van der Waals surface area contributed by atoms with E-state index in [9.17, 15) is 9.59 Å². The summed E-state index contributed by atoms with van der Waals surface area (Å²) in [5.74, 6) is 0.326. The van der Waals surface area contributed by atoms with Crippen molar-refractivity contribution in [3.63, 3.8) is 0 Å². The van der Waals surface area contributed by atoms with E-state index >= 15 is 0 Å². The van der Waals surface area contributed by atoms with Crippen LogP contribution < -0.4 is 5.73 Å². The van der Waals surface area contributed by atoms with Gasteiger partial charge in [-0.25, -0.2) is 0 Å². The summed E-state index contributed by atoms with van der Waals surface area (Å²) in [5.41, 5.74) is 7.65. The highest BCUT2D eigenvalue weighted by atomic mass is 35.5. The minimum absolute atomic E-state index is 0. The molecule has 1 saturated heterocycles. The lowest BCUT2D eigenvalue weighted by molar-refractivity contribution is -0.141. The van der Waals surface area contributed by atoms with Gasteiger partial charge in [0.15, 0.2) is 0 Å². The lowest BCUT2D eigenvalue weighted by atomic mass is 10.1. The van der Waals surface area contributed by atoms with Gasteiger partial charge in [-0.3, -0.25) is 9.59 Å². The molecule has 128 valence electrons. The summed E-state index contributed by atoms with van der Waals surface area (Å²) in [4.78, 5) is 27.9. The topological polar surface area (TPSA) is 66.6 Å². The molecule has 6 heteroatoms. The number of carbonyl (C=O) groups excluding carboxylic acids is 2. The van der Waals surface area contributed by atoms with Gasteiger partial charge in [0.25, 0.3) is 0 Å². The zero-order chi connectivity index (χ0) is 16.1. The van der Waals surface area contributed by atoms with Crippen LogP contribution in [0.25, 0.3) is 0 Å². The Morgan fingerprint density at radius 1 is 1.09 bits per heavy atom. The first kappa shape index (κ1) is 19.3. The molecule has 1 aromatic carbocycles. The second-order valence-corrected chi connectivity index (χ2v) is 6.06. The maximum absolute atomic E-state index is 12.3. The van der Waals surface area contributed by atoms with Gasteiger partial charge in [-0.2, -0.15) is 0 Å². The van der Waals surface area contributed by atoms with E-state index in [4.69, 9.17) is 5.73 Å². The van der Waals surface area contributed by atoms with Crippen molar-refractivity contribution >= 4 is 29.9 Å². The third-order valence-corrected chi connectivity index (χ3v) is 4.10. The summed E-state index contributed by atoms with van der Waals surface area (Å²) in [6.45, 7) is 6.34. The molecule has 1 heterocycles. The summed E-state index contributed by atoms with van der Waals surface area (Å²) in [6.07, 6.45) is 1.13. The van der Waals surface area contributed by atoms with Crippen LogP contribution in [0.1, 0.15) is 25.8 Å². The van der Waals surface area contributed by atoms with Gasteiger partial charge in [-0.1, -0.05) is 32.0 Å². The second-order valence-electron chi connectivity index (χ2n) is 6.06. The number of anilines is 1. The third kappa shape index (κ3) is 5.13. The molecule has 0 saturated carbocycles. The Morgan fingerprint density at radius 3 is 2.22 bits per heavy atom. The van der Waals surface area contributed by atoms with Crippen molar-refractivity contribution in [3.8, 4) is 0 Å². The molecule has 1 fully saturated rings. The number of rotatable bonds is 4. The van der Waals surface area contributed by atoms with Crippen LogP contribution in [-0.4, -0.2) is 47.8 Å². The predicted octanol–water partition coefficient (Wildman–Crippen LogP) is 1.95.